The molecule has 1 aliphatic rings. The molecule has 0 saturated carbocycles. The molecule has 50 valence electrons. The molecule has 0 amide bonds. The maximum absolute atomic E-state index is 3.29. The van der Waals surface area contributed by atoms with Gasteiger partial charge in [-0.3, -0.25) is 6.08 Å². The molecule has 0 fully saturated rings. The van der Waals surface area contributed by atoms with Crippen LogP contribution < -0.4 is 18.9 Å². The van der Waals surface area contributed by atoms with Gasteiger partial charge in [-0.05, 0) is 5.92 Å². The minimum absolute atomic E-state index is 0. The van der Waals surface area contributed by atoms with Crippen molar-refractivity contribution in [3.8, 4) is 0 Å². The van der Waals surface area contributed by atoms with Gasteiger partial charge in [0.1, 0.15) is 0 Å². The first-order valence-corrected chi connectivity index (χ1v) is 3.55. The Kier molecular flexibility index (Phi) is 4.86. The predicted octanol–water partition coefficient (Wildman–Crippen LogP) is -0.274. The van der Waals surface area contributed by atoms with Crippen molar-refractivity contribution in [2.45, 2.75) is 26.7 Å². The summed E-state index contributed by atoms with van der Waals surface area (Å²) in [5.41, 5.74) is 1.39. The van der Waals surface area contributed by atoms with E-state index in [2.05, 4.69) is 32.1 Å². The van der Waals surface area contributed by atoms with Crippen molar-refractivity contribution in [3.05, 3.63) is 23.8 Å². The first-order valence-electron chi connectivity index (χ1n) is 3.55. The maximum atomic E-state index is 3.29. The topological polar surface area (TPSA) is 0 Å². The van der Waals surface area contributed by atoms with Crippen molar-refractivity contribution in [1.29, 1.82) is 0 Å². The first kappa shape index (κ1) is 10.1. The monoisotopic (exact) mass is 128 g/mol. The zero-order valence-corrected chi connectivity index (χ0v) is 7.15. The average Bonchev–Trinajstić information content (AvgIpc) is 2.15. The third-order valence-corrected chi connectivity index (χ3v) is 1.39. The van der Waals surface area contributed by atoms with E-state index in [9.17, 15) is 0 Å². The molecule has 0 aromatic heterocycles. The average molecular weight is 128 g/mol. The van der Waals surface area contributed by atoms with Gasteiger partial charge in [-0.1, -0.05) is 20.3 Å². The molecule has 0 atom stereocenters. The molecule has 0 aromatic rings. The van der Waals surface area contributed by atoms with Crippen LogP contribution in [0.5, 0.6) is 0 Å². The molecular weight excluding hydrogens is 115 g/mol. The van der Waals surface area contributed by atoms with E-state index in [1.54, 1.807) is 0 Å². The molecule has 0 spiro atoms. The molecule has 0 nitrogen and oxygen atoms in total. The summed E-state index contributed by atoms with van der Waals surface area (Å²) < 4.78 is 0. The first-order chi connectivity index (χ1) is 4.29. The Morgan fingerprint density at radius 2 is 2.30 bits per heavy atom. The second-order valence-electron chi connectivity index (χ2n) is 2.91. The third-order valence-electron chi connectivity index (χ3n) is 1.39. The normalized spacial score (nSPS) is 15.3. The minimum atomic E-state index is 0. The van der Waals surface area contributed by atoms with Gasteiger partial charge >= 0.3 is 18.9 Å². The van der Waals surface area contributed by atoms with Gasteiger partial charge in [0, 0.05) is 0 Å². The molecule has 0 saturated heterocycles. The second kappa shape index (κ2) is 4.83. The van der Waals surface area contributed by atoms with E-state index in [0.29, 0.717) is 0 Å². The van der Waals surface area contributed by atoms with E-state index in [1.165, 1.54) is 12.0 Å². The van der Waals surface area contributed by atoms with E-state index in [-0.39, 0.29) is 18.9 Å². The molecule has 0 heterocycles. The summed E-state index contributed by atoms with van der Waals surface area (Å²) in [5, 5.41) is 0. The summed E-state index contributed by atoms with van der Waals surface area (Å²) in [6, 6.07) is 0. The Morgan fingerprint density at radius 1 is 1.60 bits per heavy atom. The SMILES string of the molecule is CC(C)CC1=[C-]CC=C1.[Li+]. The van der Waals surface area contributed by atoms with Gasteiger partial charge in [0.25, 0.3) is 0 Å². The van der Waals surface area contributed by atoms with Crippen LogP contribution >= 0.6 is 0 Å². The zero-order valence-electron chi connectivity index (χ0n) is 7.15. The van der Waals surface area contributed by atoms with E-state index in [1.807, 2.05) is 0 Å². The summed E-state index contributed by atoms with van der Waals surface area (Å²) in [6.45, 7) is 4.47. The molecule has 1 heteroatoms. The Labute approximate surface area is 75.6 Å². The van der Waals surface area contributed by atoms with Crippen LogP contribution in [0.2, 0.25) is 0 Å². The molecule has 0 bridgehead atoms. The standard InChI is InChI=1S/C9H13.Li/c1-8(2)7-9-5-3-4-6-9;/h3,5,8H,4,7H2,1-2H3;/q-1;+1. The maximum Gasteiger partial charge on any atom is 1.00 e. The van der Waals surface area contributed by atoms with Gasteiger partial charge < -0.3 is 0 Å². The number of hydrogen-bond donors (Lipinski definition) is 0. The van der Waals surface area contributed by atoms with Gasteiger partial charge in [-0.15, -0.1) is 6.42 Å². The number of allylic oxidation sites excluding steroid dienone is 4. The Morgan fingerprint density at radius 3 is 2.70 bits per heavy atom. The molecule has 1 rings (SSSR count). The Bertz CT molecular complexity index is 143. The molecular formula is C9H13Li. The van der Waals surface area contributed by atoms with Gasteiger partial charge in [0.15, 0.2) is 0 Å². The largest absolute Gasteiger partial charge is 1.00 e. The van der Waals surface area contributed by atoms with Crippen LogP contribution in [0, 0.1) is 12.0 Å². The van der Waals surface area contributed by atoms with E-state index in [0.717, 1.165) is 12.3 Å². The van der Waals surface area contributed by atoms with Crippen molar-refractivity contribution in [2.24, 2.45) is 5.92 Å². The second-order valence-corrected chi connectivity index (χ2v) is 2.91. The van der Waals surface area contributed by atoms with Crippen molar-refractivity contribution in [2.75, 3.05) is 0 Å². The number of rotatable bonds is 2. The molecule has 1 aliphatic carbocycles. The van der Waals surface area contributed by atoms with Crippen molar-refractivity contribution in [3.63, 3.8) is 0 Å². The third kappa shape index (κ3) is 3.30. The Hall–Kier alpha value is 0.0774. The van der Waals surface area contributed by atoms with Gasteiger partial charge in [-0.25, -0.2) is 11.6 Å². The minimum Gasteiger partial charge on any atom is -0.269 e. The number of hydrogen-bond acceptors (Lipinski definition) is 0. The molecule has 0 aliphatic heterocycles. The van der Waals surface area contributed by atoms with Crippen LogP contribution in [-0.4, -0.2) is 0 Å². The van der Waals surface area contributed by atoms with E-state index in [4.69, 9.17) is 0 Å². The van der Waals surface area contributed by atoms with E-state index < -0.39 is 0 Å². The summed E-state index contributed by atoms with van der Waals surface area (Å²) in [7, 11) is 0. The summed E-state index contributed by atoms with van der Waals surface area (Å²) >= 11 is 0. The van der Waals surface area contributed by atoms with Crippen molar-refractivity contribution >= 4 is 0 Å². The fraction of sp³-hybridized carbons (Fsp3) is 0.556. The molecule has 0 aromatic carbocycles. The van der Waals surface area contributed by atoms with Crippen molar-refractivity contribution in [1.82, 2.24) is 0 Å². The van der Waals surface area contributed by atoms with Crippen LogP contribution in [0.15, 0.2) is 17.7 Å². The molecule has 0 unspecified atom stereocenters. The fourth-order valence-electron chi connectivity index (χ4n) is 1.03. The van der Waals surface area contributed by atoms with Crippen molar-refractivity contribution < 1.29 is 18.9 Å². The Balaban J connectivity index is 0.000000810. The van der Waals surface area contributed by atoms with Crippen LogP contribution in [-0.2, 0) is 0 Å². The van der Waals surface area contributed by atoms with Crippen LogP contribution in [0.4, 0.5) is 0 Å². The zero-order chi connectivity index (χ0) is 6.69. The van der Waals surface area contributed by atoms with Crippen LogP contribution in [0.1, 0.15) is 26.7 Å². The fourth-order valence-corrected chi connectivity index (χ4v) is 1.03. The smallest absolute Gasteiger partial charge is 0.269 e. The predicted molar refractivity (Wildman–Crippen MR) is 40.0 cm³/mol. The molecule has 0 N–H and O–H groups in total. The summed E-state index contributed by atoms with van der Waals surface area (Å²) in [5.74, 6) is 0.773. The van der Waals surface area contributed by atoms with Gasteiger partial charge in [0.2, 0.25) is 0 Å². The summed E-state index contributed by atoms with van der Waals surface area (Å²) in [4.78, 5) is 0. The summed E-state index contributed by atoms with van der Waals surface area (Å²) in [6.07, 6.45) is 9.86. The van der Waals surface area contributed by atoms with Crippen LogP contribution in [0.25, 0.3) is 0 Å². The van der Waals surface area contributed by atoms with Crippen LogP contribution in [0.3, 0.4) is 0 Å². The molecule has 0 radical (unpaired) electrons. The van der Waals surface area contributed by atoms with E-state index >= 15 is 0 Å². The quantitative estimate of drug-likeness (QED) is 0.354. The molecule has 10 heavy (non-hydrogen) atoms. The van der Waals surface area contributed by atoms with Gasteiger partial charge in [-0.2, -0.15) is 6.08 Å². The van der Waals surface area contributed by atoms with Gasteiger partial charge in [0.05, 0.1) is 0 Å².